The smallest absolute Gasteiger partial charge is 0.243 e. The fourth-order valence-corrected chi connectivity index (χ4v) is 4.45. The Balaban J connectivity index is 1.91. The lowest BCUT2D eigenvalue weighted by Gasteiger charge is -2.34. The summed E-state index contributed by atoms with van der Waals surface area (Å²) in [6.07, 6.45) is 1.38. The maximum Gasteiger partial charge on any atom is 0.243 e. The second kappa shape index (κ2) is 7.08. The molecule has 0 fully saturated rings. The van der Waals surface area contributed by atoms with Crippen LogP contribution in [0.15, 0.2) is 36.4 Å². The molecule has 3 N–H and O–H groups in total. The Morgan fingerprint density at radius 3 is 2.35 bits per heavy atom. The molecule has 0 aliphatic carbocycles. The van der Waals surface area contributed by atoms with Gasteiger partial charge in [-0.05, 0) is 29.7 Å². The van der Waals surface area contributed by atoms with Crippen LogP contribution >= 0.6 is 23.2 Å². The summed E-state index contributed by atoms with van der Waals surface area (Å²) in [5.41, 5.74) is 8.10. The molecule has 138 valence electrons. The number of hydrogen-bond acceptors (Lipinski definition) is 4. The van der Waals surface area contributed by atoms with Gasteiger partial charge in [-0.1, -0.05) is 47.5 Å². The summed E-state index contributed by atoms with van der Waals surface area (Å²) in [6.45, 7) is 0.149. The molecule has 0 saturated carbocycles. The standard InChI is InChI=1S/C17H17Cl2N3O3S/c1-26(24,25)22-9-11-5-3-2-4-10(11)6-15(22)17(23)21-12-7-13(18)16(20)14(19)8-12/h2-5,7-8,15H,6,9,20H2,1H3,(H,21,23). The minimum absolute atomic E-state index is 0.149. The predicted molar refractivity (Wildman–Crippen MR) is 104 cm³/mol. The SMILES string of the molecule is CS(=O)(=O)N1Cc2ccccc2CC1C(=O)Nc1cc(Cl)c(N)c(Cl)c1. The number of amides is 1. The third-order valence-corrected chi connectivity index (χ3v) is 6.14. The molecule has 0 bridgehead atoms. The van der Waals surface area contributed by atoms with Gasteiger partial charge in [0.05, 0.1) is 22.0 Å². The molecule has 1 unspecified atom stereocenters. The van der Waals surface area contributed by atoms with Gasteiger partial charge < -0.3 is 11.1 Å². The first-order valence-corrected chi connectivity index (χ1v) is 10.4. The highest BCUT2D eigenvalue weighted by atomic mass is 35.5. The number of hydrogen-bond donors (Lipinski definition) is 2. The second-order valence-electron chi connectivity index (χ2n) is 6.14. The van der Waals surface area contributed by atoms with Crippen LogP contribution in [0.4, 0.5) is 11.4 Å². The van der Waals surface area contributed by atoms with Gasteiger partial charge in [0.1, 0.15) is 6.04 Å². The third-order valence-electron chi connectivity index (χ3n) is 4.28. The van der Waals surface area contributed by atoms with E-state index in [0.717, 1.165) is 17.4 Å². The molecule has 26 heavy (non-hydrogen) atoms. The summed E-state index contributed by atoms with van der Waals surface area (Å²) >= 11 is 12.0. The molecule has 1 aliphatic heterocycles. The zero-order chi connectivity index (χ0) is 19.1. The highest BCUT2D eigenvalue weighted by molar-refractivity contribution is 7.88. The molecule has 6 nitrogen and oxygen atoms in total. The molecule has 2 aromatic carbocycles. The van der Waals surface area contributed by atoms with Gasteiger partial charge in [-0.15, -0.1) is 0 Å². The average Bonchev–Trinajstić information content (AvgIpc) is 2.57. The van der Waals surface area contributed by atoms with Crippen LogP contribution in [0.3, 0.4) is 0 Å². The molecule has 0 spiro atoms. The lowest BCUT2D eigenvalue weighted by atomic mass is 9.95. The number of nitrogen functional groups attached to an aromatic ring is 1. The largest absolute Gasteiger partial charge is 0.396 e. The molecule has 1 heterocycles. The lowest BCUT2D eigenvalue weighted by Crippen LogP contribution is -2.50. The number of nitrogens with one attached hydrogen (secondary N) is 1. The topological polar surface area (TPSA) is 92.5 Å². The van der Waals surface area contributed by atoms with Crippen molar-refractivity contribution in [2.24, 2.45) is 0 Å². The first-order chi connectivity index (χ1) is 12.2. The van der Waals surface area contributed by atoms with Crippen LogP contribution in [0.25, 0.3) is 0 Å². The molecular weight excluding hydrogens is 397 g/mol. The quantitative estimate of drug-likeness (QED) is 0.756. The molecule has 0 aromatic heterocycles. The minimum Gasteiger partial charge on any atom is -0.396 e. The Kier molecular flexibility index (Phi) is 5.16. The van der Waals surface area contributed by atoms with Gasteiger partial charge in [-0.25, -0.2) is 8.42 Å². The van der Waals surface area contributed by atoms with Crippen LogP contribution in [-0.4, -0.2) is 30.9 Å². The molecule has 1 amide bonds. The third kappa shape index (κ3) is 3.81. The number of anilines is 2. The maximum absolute atomic E-state index is 12.8. The number of halogens is 2. The number of sulfonamides is 1. The van der Waals surface area contributed by atoms with Crippen molar-refractivity contribution >= 4 is 50.5 Å². The zero-order valence-corrected chi connectivity index (χ0v) is 16.2. The summed E-state index contributed by atoms with van der Waals surface area (Å²) in [7, 11) is -3.58. The number of rotatable bonds is 3. The Morgan fingerprint density at radius 1 is 1.19 bits per heavy atom. The molecule has 3 rings (SSSR count). The van der Waals surface area contributed by atoms with Crippen molar-refractivity contribution in [2.45, 2.75) is 19.0 Å². The van der Waals surface area contributed by atoms with Gasteiger partial charge in [0.2, 0.25) is 15.9 Å². The Hall–Kier alpha value is -1.80. The van der Waals surface area contributed by atoms with E-state index in [-0.39, 0.29) is 28.7 Å². The van der Waals surface area contributed by atoms with Gasteiger partial charge in [0, 0.05) is 12.2 Å². The highest BCUT2D eigenvalue weighted by Crippen LogP contribution is 2.32. The Morgan fingerprint density at radius 2 is 1.77 bits per heavy atom. The van der Waals surface area contributed by atoms with Crippen molar-refractivity contribution in [1.29, 1.82) is 0 Å². The normalized spacial score (nSPS) is 17.6. The fourth-order valence-electron chi connectivity index (χ4n) is 2.95. The van der Waals surface area contributed by atoms with Crippen LogP contribution in [0.5, 0.6) is 0 Å². The van der Waals surface area contributed by atoms with Gasteiger partial charge in [-0.2, -0.15) is 4.31 Å². The summed E-state index contributed by atoms with van der Waals surface area (Å²) in [5, 5.41) is 3.10. The van der Waals surface area contributed by atoms with Gasteiger partial charge in [0.25, 0.3) is 0 Å². The minimum atomic E-state index is -3.58. The van der Waals surface area contributed by atoms with Crippen molar-refractivity contribution < 1.29 is 13.2 Å². The van der Waals surface area contributed by atoms with Gasteiger partial charge >= 0.3 is 0 Å². The Labute approximate surface area is 161 Å². The van der Waals surface area contributed by atoms with Gasteiger partial charge in [0.15, 0.2) is 0 Å². The molecular formula is C17H17Cl2N3O3S. The zero-order valence-electron chi connectivity index (χ0n) is 13.9. The fraction of sp³-hybridized carbons (Fsp3) is 0.235. The molecule has 9 heteroatoms. The van der Waals surface area contributed by atoms with Crippen molar-refractivity contribution in [3.63, 3.8) is 0 Å². The number of benzene rings is 2. The first kappa shape index (κ1) is 19.0. The van der Waals surface area contributed by atoms with E-state index in [1.165, 1.54) is 16.4 Å². The monoisotopic (exact) mass is 413 g/mol. The molecule has 1 aliphatic rings. The number of carbonyl (C=O) groups is 1. The number of fused-ring (bicyclic) bond motifs is 1. The van der Waals surface area contributed by atoms with Crippen LogP contribution in [0.2, 0.25) is 10.0 Å². The summed E-state index contributed by atoms with van der Waals surface area (Å²) in [5.74, 6) is -0.457. The molecule has 2 aromatic rings. The lowest BCUT2D eigenvalue weighted by molar-refractivity contribution is -0.120. The summed E-state index contributed by atoms with van der Waals surface area (Å²) < 4.78 is 25.6. The van der Waals surface area contributed by atoms with Crippen molar-refractivity contribution in [1.82, 2.24) is 4.31 Å². The Bertz CT molecular complexity index is 956. The van der Waals surface area contributed by atoms with E-state index in [0.29, 0.717) is 5.69 Å². The van der Waals surface area contributed by atoms with Crippen LogP contribution in [0, 0.1) is 0 Å². The van der Waals surface area contributed by atoms with E-state index in [2.05, 4.69) is 5.32 Å². The highest BCUT2D eigenvalue weighted by Gasteiger charge is 2.36. The van der Waals surface area contributed by atoms with E-state index >= 15 is 0 Å². The maximum atomic E-state index is 12.8. The molecule has 0 radical (unpaired) electrons. The first-order valence-electron chi connectivity index (χ1n) is 7.76. The molecule has 1 atom stereocenters. The second-order valence-corrected chi connectivity index (χ2v) is 8.89. The van der Waals surface area contributed by atoms with E-state index < -0.39 is 22.0 Å². The van der Waals surface area contributed by atoms with Crippen LogP contribution < -0.4 is 11.1 Å². The van der Waals surface area contributed by atoms with Crippen molar-refractivity contribution in [3.8, 4) is 0 Å². The number of nitrogens with two attached hydrogens (primary N) is 1. The summed E-state index contributed by atoms with van der Waals surface area (Å²) in [6, 6.07) is 9.55. The number of nitrogens with zero attached hydrogens (tertiary/aromatic N) is 1. The summed E-state index contributed by atoms with van der Waals surface area (Å²) in [4.78, 5) is 12.8. The van der Waals surface area contributed by atoms with Crippen LogP contribution in [-0.2, 0) is 27.8 Å². The predicted octanol–water partition coefficient (Wildman–Crippen LogP) is 2.90. The molecule has 0 saturated heterocycles. The van der Waals surface area contributed by atoms with E-state index in [1.807, 2.05) is 24.3 Å². The van der Waals surface area contributed by atoms with E-state index in [9.17, 15) is 13.2 Å². The van der Waals surface area contributed by atoms with E-state index in [4.69, 9.17) is 28.9 Å². The number of carbonyl (C=O) groups excluding carboxylic acids is 1. The van der Waals surface area contributed by atoms with Gasteiger partial charge in [-0.3, -0.25) is 4.79 Å². The van der Waals surface area contributed by atoms with E-state index in [1.54, 1.807) is 0 Å². The van der Waals surface area contributed by atoms with Crippen molar-refractivity contribution in [3.05, 3.63) is 57.6 Å². The van der Waals surface area contributed by atoms with Crippen molar-refractivity contribution in [2.75, 3.05) is 17.3 Å². The average molecular weight is 414 g/mol. The van der Waals surface area contributed by atoms with Crippen LogP contribution in [0.1, 0.15) is 11.1 Å².